The van der Waals surface area contributed by atoms with Crippen LogP contribution in [0, 0.1) is 0 Å². The van der Waals surface area contributed by atoms with E-state index in [4.69, 9.17) is 0 Å². The minimum Gasteiger partial charge on any atom is -0.355 e. The Morgan fingerprint density at radius 3 is 2.28 bits per heavy atom. The standard InChI is InChI=1S/C19H22BrN3O2/c1-21-19(25)15-5-3-14(4-6-15)13-23(2)12-11-18(24)22-17-9-7-16(20)8-10-17/h3-10H,11-13H2,1-2H3,(H,21,25)(H,22,24). The van der Waals surface area contributed by atoms with E-state index in [0.717, 1.165) is 22.3 Å². The molecule has 0 aromatic heterocycles. The average Bonchev–Trinajstić information content (AvgIpc) is 2.62. The molecule has 5 nitrogen and oxygen atoms in total. The summed E-state index contributed by atoms with van der Waals surface area (Å²) in [6.45, 7) is 1.37. The summed E-state index contributed by atoms with van der Waals surface area (Å²) in [6.07, 6.45) is 0.420. The van der Waals surface area contributed by atoms with Crippen LogP contribution < -0.4 is 10.6 Å². The largest absolute Gasteiger partial charge is 0.355 e. The monoisotopic (exact) mass is 403 g/mol. The van der Waals surface area contributed by atoms with E-state index in [1.165, 1.54) is 0 Å². The molecule has 2 aromatic rings. The van der Waals surface area contributed by atoms with Gasteiger partial charge in [-0.2, -0.15) is 0 Å². The lowest BCUT2D eigenvalue weighted by atomic mass is 10.1. The van der Waals surface area contributed by atoms with E-state index in [2.05, 4.69) is 31.5 Å². The van der Waals surface area contributed by atoms with Crippen LogP contribution in [0.4, 0.5) is 5.69 Å². The Balaban J connectivity index is 1.77. The number of halogens is 1. The third-order valence-electron chi connectivity index (χ3n) is 3.74. The maximum absolute atomic E-state index is 12.0. The molecule has 6 heteroatoms. The molecule has 0 saturated carbocycles. The quantitative estimate of drug-likeness (QED) is 0.745. The van der Waals surface area contributed by atoms with Gasteiger partial charge in [0.05, 0.1) is 0 Å². The van der Waals surface area contributed by atoms with Crippen molar-refractivity contribution >= 4 is 33.4 Å². The van der Waals surface area contributed by atoms with Gasteiger partial charge in [-0.25, -0.2) is 0 Å². The first kappa shape index (κ1) is 19.1. The summed E-state index contributed by atoms with van der Waals surface area (Å²) >= 11 is 3.37. The SMILES string of the molecule is CNC(=O)c1ccc(CN(C)CCC(=O)Nc2ccc(Br)cc2)cc1. The molecule has 2 amide bonds. The lowest BCUT2D eigenvalue weighted by Crippen LogP contribution is -2.24. The molecule has 2 rings (SSSR count). The van der Waals surface area contributed by atoms with Crippen LogP contribution in [0.3, 0.4) is 0 Å². The molecule has 0 fully saturated rings. The van der Waals surface area contributed by atoms with Crippen molar-refractivity contribution in [2.45, 2.75) is 13.0 Å². The van der Waals surface area contributed by atoms with Gasteiger partial charge in [-0.05, 0) is 49.0 Å². The Bertz CT molecular complexity index is 714. The van der Waals surface area contributed by atoms with Crippen LogP contribution in [-0.2, 0) is 11.3 Å². The topological polar surface area (TPSA) is 61.4 Å². The highest BCUT2D eigenvalue weighted by atomic mass is 79.9. The lowest BCUT2D eigenvalue weighted by Gasteiger charge is -2.16. The number of hydrogen-bond donors (Lipinski definition) is 2. The highest BCUT2D eigenvalue weighted by Gasteiger charge is 2.07. The third kappa shape index (κ3) is 6.32. The molecule has 0 spiro atoms. The van der Waals surface area contributed by atoms with Crippen molar-refractivity contribution in [3.63, 3.8) is 0 Å². The molecule has 0 atom stereocenters. The number of amides is 2. The van der Waals surface area contributed by atoms with Crippen molar-refractivity contribution in [2.75, 3.05) is 26.0 Å². The van der Waals surface area contributed by atoms with Crippen LogP contribution in [-0.4, -0.2) is 37.4 Å². The molecule has 2 N–H and O–H groups in total. The van der Waals surface area contributed by atoms with Crippen LogP contribution >= 0.6 is 15.9 Å². The van der Waals surface area contributed by atoms with E-state index in [1.54, 1.807) is 7.05 Å². The summed E-state index contributed by atoms with van der Waals surface area (Å²) in [5, 5.41) is 5.48. The van der Waals surface area contributed by atoms with Gasteiger partial charge in [0.25, 0.3) is 5.91 Å². The van der Waals surface area contributed by atoms with E-state index in [1.807, 2.05) is 55.6 Å². The molecule has 0 heterocycles. The van der Waals surface area contributed by atoms with E-state index in [-0.39, 0.29) is 11.8 Å². The van der Waals surface area contributed by atoms with E-state index < -0.39 is 0 Å². The fourth-order valence-corrected chi connectivity index (χ4v) is 2.61. The Labute approximate surface area is 156 Å². The predicted octanol–water partition coefficient (Wildman–Crippen LogP) is 3.27. The highest BCUT2D eigenvalue weighted by Crippen LogP contribution is 2.14. The van der Waals surface area contributed by atoms with Gasteiger partial charge in [0.1, 0.15) is 0 Å². The normalized spacial score (nSPS) is 10.6. The first-order valence-corrected chi connectivity index (χ1v) is 8.82. The highest BCUT2D eigenvalue weighted by molar-refractivity contribution is 9.10. The van der Waals surface area contributed by atoms with Crippen molar-refractivity contribution < 1.29 is 9.59 Å². The molecule has 0 unspecified atom stereocenters. The molecule has 0 radical (unpaired) electrons. The Hall–Kier alpha value is -2.18. The van der Waals surface area contributed by atoms with Crippen LogP contribution in [0.1, 0.15) is 22.3 Å². The summed E-state index contributed by atoms with van der Waals surface area (Å²) < 4.78 is 0.979. The second-order valence-electron chi connectivity index (χ2n) is 5.82. The third-order valence-corrected chi connectivity index (χ3v) is 4.27. The van der Waals surface area contributed by atoms with Gasteiger partial charge < -0.3 is 15.5 Å². The number of carbonyl (C=O) groups is 2. The van der Waals surface area contributed by atoms with Gasteiger partial charge in [-0.15, -0.1) is 0 Å². The summed E-state index contributed by atoms with van der Waals surface area (Å²) in [7, 11) is 3.59. The Morgan fingerprint density at radius 1 is 1.04 bits per heavy atom. The van der Waals surface area contributed by atoms with Crippen LogP contribution in [0.15, 0.2) is 53.0 Å². The zero-order chi connectivity index (χ0) is 18.2. The molecular formula is C19H22BrN3O2. The van der Waals surface area contributed by atoms with Gasteiger partial charge >= 0.3 is 0 Å². The fourth-order valence-electron chi connectivity index (χ4n) is 2.35. The Morgan fingerprint density at radius 2 is 1.68 bits per heavy atom. The van der Waals surface area contributed by atoms with Crippen LogP contribution in [0.25, 0.3) is 0 Å². The molecule has 0 aliphatic rings. The van der Waals surface area contributed by atoms with Crippen molar-refractivity contribution in [3.05, 3.63) is 64.1 Å². The summed E-state index contributed by atoms with van der Waals surface area (Å²) in [5.74, 6) is -0.103. The second kappa shape index (κ2) is 9.34. The summed E-state index contributed by atoms with van der Waals surface area (Å²) in [4.78, 5) is 25.6. The summed E-state index contributed by atoms with van der Waals surface area (Å²) in [6, 6.07) is 15.0. The zero-order valence-corrected chi connectivity index (χ0v) is 16.0. The molecule has 2 aromatic carbocycles. The molecule has 0 saturated heterocycles. The number of carbonyl (C=O) groups excluding carboxylic acids is 2. The molecular weight excluding hydrogens is 382 g/mol. The summed E-state index contributed by atoms with van der Waals surface area (Å²) in [5.41, 5.74) is 2.53. The van der Waals surface area contributed by atoms with Gasteiger partial charge in [-0.3, -0.25) is 9.59 Å². The number of nitrogens with zero attached hydrogens (tertiary/aromatic N) is 1. The van der Waals surface area contributed by atoms with E-state index in [9.17, 15) is 9.59 Å². The number of rotatable bonds is 7. The van der Waals surface area contributed by atoms with Gasteiger partial charge in [0, 0.05) is 42.3 Å². The fraction of sp³-hybridized carbons (Fsp3) is 0.263. The van der Waals surface area contributed by atoms with E-state index in [0.29, 0.717) is 18.5 Å². The number of benzene rings is 2. The number of nitrogens with one attached hydrogen (secondary N) is 2. The van der Waals surface area contributed by atoms with Gasteiger partial charge in [-0.1, -0.05) is 28.1 Å². The van der Waals surface area contributed by atoms with Crippen LogP contribution in [0.5, 0.6) is 0 Å². The number of anilines is 1. The first-order valence-electron chi connectivity index (χ1n) is 8.03. The van der Waals surface area contributed by atoms with E-state index >= 15 is 0 Å². The first-order chi connectivity index (χ1) is 12.0. The maximum Gasteiger partial charge on any atom is 0.251 e. The lowest BCUT2D eigenvalue weighted by molar-refractivity contribution is -0.116. The maximum atomic E-state index is 12.0. The van der Waals surface area contributed by atoms with Gasteiger partial charge in [0.15, 0.2) is 0 Å². The minimum absolute atomic E-state index is 0.0101. The molecule has 0 aliphatic heterocycles. The molecule has 0 bridgehead atoms. The average molecular weight is 404 g/mol. The predicted molar refractivity (Wildman–Crippen MR) is 104 cm³/mol. The van der Waals surface area contributed by atoms with Crippen molar-refractivity contribution in [1.29, 1.82) is 0 Å². The second-order valence-corrected chi connectivity index (χ2v) is 6.73. The van der Waals surface area contributed by atoms with Crippen molar-refractivity contribution in [1.82, 2.24) is 10.2 Å². The smallest absolute Gasteiger partial charge is 0.251 e. The number of hydrogen-bond acceptors (Lipinski definition) is 3. The zero-order valence-electron chi connectivity index (χ0n) is 14.4. The molecule has 25 heavy (non-hydrogen) atoms. The Kier molecular flexibility index (Phi) is 7.16. The van der Waals surface area contributed by atoms with Gasteiger partial charge in [0.2, 0.25) is 5.91 Å². The van der Waals surface area contributed by atoms with Crippen LogP contribution in [0.2, 0.25) is 0 Å². The van der Waals surface area contributed by atoms with Crippen molar-refractivity contribution in [3.8, 4) is 0 Å². The minimum atomic E-state index is -0.0930. The molecule has 0 aliphatic carbocycles. The molecule has 132 valence electrons. The van der Waals surface area contributed by atoms with Crippen molar-refractivity contribution in [2.24, 2.45) is 0 Å².